The van der Waals surface area contributed by atoms with Gasteiger partial charge in [-0.15, -0.1) is 0 Å². The van der Waals surface area contributed by atoms with Gasteiger partial charge in [0.25, 0.3) is 0 Å². The first-order valence-corrected chi connectivity index (χ1v) is 10.9. The number of rotatable bonds is 7. The Kier molecular flexibility index (Phi) is 7.37. The Labute approximate surface area is 179 Å². The molecule has 2 aromatic rings. The molecule has 1 aliphatic heterocycles. The molecular weight excluding hydrogens is 430 g/mol. The molecular formula is C21H22F2N2O5S. The van der Waals surface area contributed by atoms with Crippen LogP contribution in [0.15, 0.2) is 53.4 Å². The third-order valence-corrected chi connectivity index (χ3v) is 6.63. The first-order chi connectivity index (χ1) is 14.8. The van der Waals surface area contributed by atoms with Crippen molar-refractivity contribution in [3.05, 3.63) is 59.7 Å². The number of hydrogen-bond donors (Lipinski definition) is 1. The summed E-state index contributed by atoms with van der Waals surface area (Å²) in [7, 11) is -3.73. The molecule has 31 heavy (non-hydrogen) atoms. The second kappa shape index (κ2) is 9.99. The summed E-state index contributed by atoms with van der Waals surface area (Å²) in [5, 5.41) is 2.59. The number of carbonyl (C=O) groups is 1. The minimum Gasteiger partial charge on any atom is -0.434 e. The maximum absolute atomic E-state index is 13.0. The maximum atomic E-state index is 13.0. The third kappa shape index (κ3) is 5.87. The van der Waals surface area contributed by atoms with Crippen molar-refractivity contribution in [2.75, 3.05) is 31.6 Å². The Morgan fingerprint density at radius 2 is 1.90 bits per heavy atom. The van der Waals surface area contributed by atoms with Gasteiger partial charge in [0.1, 0.15) is 5.75 Å². The van der Waals surface area contributed by atoms with Crippen molar-refractivity contribution in [1.29, 1.82) is 0 Å². The predicted molar refractivity (Wildman–Crippen MR) is 111 cm³/mol. The van der Waals surface area contributed by atoms with Crippen molar-refractivity contribution < 1.29 is 31.5 Å². The first kappa shape index (κ1) is 22.9. The van der Waals surface area contributed by atoms with Crippen molar-refractivity contribution >= 4 is 27.7 Å². The molecule has 0 unspecified atom stereocenters. The van der Waals surface area contributed by atoms with Crippen LogP contribution in [0, 0.1) is 6.92 Å². The minimum absolute atomic E-state index is 0.0595. The Hall–Kier alpha value is -2.82. The molecule has 0 bridgehead atoms. The number of nitrogens with one attached hydrogen (secondary N) is 1. The third-order valence-electron chi connectivity index (χ3n) is 4.59. The second-order valence-electron chi connectivity index (χ2n) is 6.74. The van der Waals surface area contributed by atoms with Crippen LogP contribution in [0.25, 0.3) is 6.08 Å². The van der Waals surface area contributed by atoms with Crippen molar-refractivity contribution in [2.24, 2.45) is 0 Å². The van der Waals surface area contributed by atoms with Crippen molar-refractivity contribution in [1.82, 2.24) is 4.31 Å². The van der Waals surface area contributed by atoms with Crippen LogP contribution in [0.5, 0.6) is 5.75 Å². The molecule has 7 nitrogen and oxygen atoms in total. The maximum Gasteiger partial charge on any atom is 0.387 e. The average Bonchev–Trinajstić information content (AvgIpc) is 2.74. The number of nitrogens with zero attached hydrogens (tertiary/aromatic N) is 1. The number of alkyl halides is 2. The monoisotopic (exact) mass is 452 g/mol. The molecule has 0 aromatic heterocycles. The van der Waals surface area contributed by atoms with E-state index in [-0.39, 0.29) is 23.7 Å². The number of para-hydroxylation sites is 1. The second-order valence-corrected chi connectivity index (χ2v) is 8.64. The van der Waals surface area contributed by atoms with Gasteiger partial charge in [0.15, 0.2) is 0 Å². The number of ether oxygens (including phenoxy) is 2. The molecule has 2 aromatic carbocycles. The molecule has 0 aliphatic carbocycles. The lowest BCUT2D eigenvalue weighted by Crippen LogP contribution is -2.40. The molecule has 3 rings (SSSR count). The molecule has 1 fully saturated rings. The van der Waals surface area contributed by atoms with Gasteiger partial charge in [-0.05, 0) is 36.8 Å². The van der Waals surface area contributed by atoms with Gasteiger partial charge in [0.05, 0.1) is 18.1 Å². The van der Waals surface area contributed by atoms with Crippen molar-refractivity contribution in [2.45, 2.75) is 18.4 Å². The Balaban J connectivity index is 1.76. The molecule has 1 amide bonds. The summed E-state index contributed by atoms with van der Waals surface area (Å²) in [5.74, 6) is -0.610. The Bertz CT molecular complexity index is 1070. The molecule has 0 radical (unpaired) electrons. The van der Waals surface area contributed by atoms with E-state index in [0.717, 1.165) is 6.08 Å². The number of sulfonamides is 1. The molecule has 0 atom stereocenters. The molecule has 10 heteroatoms. The number of halogens is 2. The standard InChI is InChI=1S/C21H22F2N2O5S/c1-15-6-8-17(14-19(15)31(27,28)25-10-12-29-13-11-25)24-20(26)9-7-16-4-2-3-5-18(16)30-21(22)23/h2-9,14,21H,10-13H2,1H3,(H,24,26)/b9-7+. The van der Waals surface area contributed by atoms with Gasteiger partial charge in [-0.1, -0.05) is 24.3 Å². The van der Waals surface area contributed by atoms with E-state index in [1.807, 2.05) is 0 Å². The summed E-state index contributed by atoms with van der Waals surface area (Å²) in [5.41, 5.74) is 1.15. The van der Waals surface area contributed by atoms with Crippen molar-refractivity contribution in [3.8, 4) is 5.75 Å². The van der Waals surface area contributed by atoms with Crippen LogP contribution in [0.2, 0.25) is 0 Å². The van der Waals surface area contributed by atoms with E-state index in [0.29, 0.717) is 30.0 Å². The predicted octanol–water partition coefficient (Wildman–Crippen LogP) is 3.27. The number of carbonyl (C=O) groups excluding carboxylic acids is 1. The highest BCUT2D eigenvalue weighted by Crippen LogP contribution is 2.25. The van der Waals surface area contributed by atoms with Gasteiger partial charge < -0.3 is 14.8 Å². The quantitative estimate of drug-likeness (QED) is 0.652. The molecule has 1 aliphatic rings. The van der Waals surface area contributed by atoms with Gasteiger partial charge in [-0.3, -0.25) is 4.79 Å². The zero-order valence-corrected chi connectivity index (χ0v) is 17.6. The number of aryl methyl sites for hydroxylation is 1. The van der Waals surface area contributed by atoms with Crippen LogP contribution in [0.4, 0.5) is 14.5 Å². The van der Waals surface area contributed by atoms with Gasteiger partial charge in [-0.2, -0.15) is 13.1 Å². The average molecular weight is 452 g/mol. The summed E-state index contributed by atoms with van der Waals surface area (Å²) in [6.45, 7) is -0.115. The van der Waals surface area contributed by atoms with Gasteiger partial charge in [0.2, 0.25) is 15.9 Å². The number of benzene rings is 2. The zero-order valence-electron chi connectivity index (χ0n) is 16.8. The first-order valence-electron chi connectivity index (χ1n) is 9.49. The van der Waals surface area contributed by atoms with E-state index < -0.39 is 22.5 Å². The van der Waals surface area contributed by atoms with Gasteiger partial charge in [0, 0.05) is 30.4 Å². The summed E-state index contributed by atoms with van der Waals surface area (Å²) >= 11 is 0. The van der Waals surface area contributed by atoms with Crippen LogP contribution >= 0.6 is 0 Å². The highest BCUT2D eigenvalue weighted by atomic mass is 32.2. The van der Waals surface area contributed by atoms with Gasteiger partial charge >= 0.3 is 6.61 Å². The van der Waals surface area contributed by atoms with Crippen LogP contribution in [-0.2, 0) is 19.6 Å². The fourth-order valence-corrected chi connectivity index (χ4v) is 4.71. The largest absolute Gasteiger partial charge is 0.434 e. The summed E-state index contributed by atoms with van der Waals surface area (Å²) < 4.78 is 61.9. The van der Waals surface area contributed by atoms with Crippen LogP contribution in [0.3, 0.4) is 0 Å². The van der Waals surface area contributed by atoms with Crippen molar-refractivity contribution in [3.63, 3.8) is 0 Å². The van der Waals surface area contributed by atoms with E-state index in [2.05, 4.69) is 10.1 Å². The zero-order chi connectivity index (χ0) is 22.4. The van der Waals surface area contributed by atoms with Crippen LogP contribution in [-0.4, -0.2) is 51.5 Å². The topological polar surface area (TPSA) is 84.9 Å². The number of hydrogen-bond acceptors (Lipinski definition) is 5. The summed E-state index contributed by atoms with van der Waals surface area (Å²) in [6, 6.07) is 10.7. The normalized spacial score (nSPS) is 15.4. The number of morpholine rings is 1. The van der Waals surface area contributed by atoms with Crippen LogP contribution < -0.4 is 10.1 Å². The van der Waals surface area contributed by atoms with Crippen LogP contribution in [0.1, 0.15) is 11.1 Å². The Morgan fingerprint density at radius 1 is 1.19 bits per heavy atom. The molecule has 166 valence electrons. The fraction of sp³-hybridized carbons (Fsp3) is 0.286. The summed E-state index contributed by atoms with van der Waals surface area (Å²) in [6.07, 6.45) is 2.50. The SMILES string of the molecule is Cc1ccc(NC(=O)/C=C/c2ccccc2OC(F)F)cc1S(=O)(=O)N1CCOCC1. The van der Waals surface area contributed by atoms with E-state index in [9.17, 15) is 22.0 Å². The fourth-order valence-electron chi connectivity index (χ4n) is 3.05. The molecule has 1 heterocycles. The lowest BCUT2D eigenvalue weighted by atomic mass is 10.2. The Morgan fingerprint density at radius 3 is 2.61 bits per heavy atom. The summed E-state index contributed by atoms with van der Waals surface area (Å²) in [4.78, 5) is 12.4. The van der Waals surface area contributed by atoms with Gasteiger partial charge in [-0.25, -0.2) is 8.42 Å². The molecule has 0 spiro atoms. The molecule has 1 saturated heterocycles. The molecule has 1 N–H and O–H groups in total. The van der Waals surface area contributed by atoms with E-state index in [1.165, 1.54) is 34.6 Å². The number of anilines is 1. The van der Waals surface area contributed by atoms with E-state index >= 15 is 0 Å². The van der Waals surface area contributed by atoms with E-state index in [1.54, 1.807) is 25.1 Å². The molecule has 0 saturated carbocycles. The van der Waals surface area contributed by atoms with E-state index in [4.69, 9.17) is 4.74 Å². The lowest BCUT2D eigenvalue weighted by molar-refractivity contribution is -0.111. The smallest absolute Gasteiger partial charge is 0.387 e. The highest BCUT2D eigenvalue weighted by molar-refractivity contribution is 7.89. The minimum atomic E-state index is -3.73. The highest BCUT2D eigenvalue weighted by Gasteiger charge is 2.28. The number of amides is 1. The lowest BCUT2D eigenvalue weighted by Gasteiger charge is -2.26.